The monoisotopic (exact) mass is 296 g/mol. The van der Waals surface area contributed by atoms with Gasteiger partial charge in [0, 0.05) is 24.7 Å². The van der Waals surface area contributed by atoms with Crippen LogP contribution in [0.3, 0.4) is 0 Å². The molecular formula is C10H14Cl2N2O2S. The van der Waals surface area contributed by atoms with Gasteiger partial charge in [-0.05, 0) is 25.1 Å². The van der Waals surface area contributed by atoms with E-state index in [0.29, 0.717) is 5.02 Å². The second kappa shape index (κ2) is 5.54. The van der Waals surface area contributed by atoms with Gasteiger partial charge in [0.15, 0.2) is 0 Å². The number of hydrogen-bond acceptors (Lipinski definition) is 3. The van der Waals surface area contributed by atoms with Crippen LogP contribution in [0.25, 0.3) is 0 Å². The lowest BCUT2D eigenvalue weighted by Gasteiger charge is -2.23. The highest BCUT2D eigenvalue weighted by molar-refractivity contribution is 7.89. The molecule has 0 aliphatic carbocycles. The third-order valence-electron chi connectivity index (χ3n) is 2.51. The molecule has 1 rings (SSSR count). The van der Waals surface area contributed by atoms with Crippen molar-refractivity contribution in [3.8, 4) is 0 Å². The Morgan fingerprint density at radius 1 is 1.41 bits per heavy atom. The van der Waals surface area contributed by atoms with Crippen molar-refractivity contribution in [3.63, 3.8) is 0 Å². The topological polar surface area (TPSA) is 63.4 Å². The van der Waals surface area contributed by atoms with Crippen LogP contribution in [0.5, 0.6) is 0 Å². The first kappa shape index (κ1) is 14.7. The summed E-state index contributed by atoms with van der Waals surface area (Å²) in [5, 5.41) is 0.497. The van der Waals surface area contributed by atoms with Gasteiger partial charge in [0.25, 0.3) is 0 Å². The molecule has 0 aromatic heterocycles. The molecule has 7 heteroatoms. The summed E-state index contributed by atoms with van der Waals surface area (Å²) in [5.41, 5.74) is 5.45. The molecule has 0 radical (unpaired) electrons. The fraction of sp³-hybridized carbons (Fsp3) is 0.400. The van der Waals surface area contributed by atoms with Crippen LogP contribution in [0, 0.1) is 0 Å². The van der Waals surface area contributed by atoms with Gasteiger partial charge in [-0.1, -0.05) is 23.2 Å². The van der Waals surface area contributed by atoms with Gasteiger partial charge in [-0.2, -0.15) is 4.31 Å². The molecule has 1 aromatic rings. The lowest BCUT2D eigenvalue weighted by Crippen LogP contribution is -2.39. The maximum Gasteiger partial charge on any atom is 0.244 e. The van der Waals surface area contributed by atoms with Gasteiger partial charge in [0.2, 0.25) is 10.0 Å². The zero-order valence-electron chi connectivity index (χ0n) is 9.52. The van der Waals surface area contributed by atoms with Crippen molar-refractivity contribution < 1.29 is 8.42 Å². The van der Waals surface area contributed by atoms with Crippen molar-refractivity contribution in [3.05, 3.63) is 28.2 Å². The highest BCUT2D eigenvalue weighted by atomic mass is 35.5. The van der Waals surface area contributed by atoms with Crippen molar-refractivity contribution in [1.82, 2.24) is 4.31 Å². The van der Waals surface area contributed by atoms with Crippen molar-refractivity contribution in [2.75, 3.05) is 13.6 Å². The van der Waals surface area contributed by atoms with E-state index in [1.165, 1.54) is 29.6 Å². The van der Waals surface area contributed by atoms with E-state index >= 15 is 0 Å². The molecule has 0 spiro atoms. The van der Waals surface area contributed by atoms with Crippen LogP contribution in [0.4, 0.5) is 0 Å². The smallest absolute Gasteiger partial charge is 0.244 e. The molecule has 1 aromatic carbocycles. The Balaban J connectivity index is 3.22. The molecule has 0 saturated heterocycles. The van der Waals surface area contributed by atoms with E-state index in [0.717, 1.165) is 0 Å². The Morgan fingerprint density at radius 3 is 2.47 bits per heavy atom. The fourth-order valence-corrected chi connectivity index (χ4v) is 3.34. The molecule has 1 atom stereocenters. The molecule has 4 nitrogen and oxygen atoms in total. The van der Waals surface area contributed by atoms with Crippen LogP contribution in [-0.4, -0.2) is 32.4 Å². The van der Waals surface area contributed by atoms with Gasteiger partial charge in [-0.3, -0.25) is 0 Å². The summed E-state index contributed by atoms with van der Waals surface area (Å²) in [6.45, 7) is 1.96. The van der Waals surface area contributed by atoms with Crippen LogP contribution in [0.2, 0.25) is 10.0 Å². The number of rotatable bonds is 4. The molecule has 96 valence electrons. The summed E-state index contributed by atoms with van der Waals surface area (Å²) in [7, 11) is -2.16. The van der Waals surface area contributed by atoms with Crippen LogP contribution in [0.15, 0.2) is 23.1 Å². The Kier molecular flexibility index (Phi) is 4.80. The Labute approximate surface area is 111 Å². The van der Waals surface area contributed by atoms with E-state index in [4.69, 9.17) is 28.9 Å². The summed E-state index contributed by atoms with van der Waals surface area (Å²) in [5.74, 6) is 0. The summed E-state index contributed by atoms with van der Waals surface area (Å²) < 4.78 is 25.6. The number of nitrogens with zero attached hydrogens (tertiary/aromatic N) is 1. The molecule has 0 amide bonds. The van der Waals surface area contributed by atoms with Crippen LogP contribution in [0.1, 0.15) is 6.92 Å². The molecule has 0 aliphatic rings. The minimum Gasteiger partial charge on any atom is -0.329 e. The molecule has 0 saturated carbocycles. The number of nitrogens with two attached hydrogens (primary N) is 1. The minimum atomic E-state index is -3.64. The van der Waals surface area contributed by atoms with Gasteiger partial charge in [-0.15, -0.1) is 0 Å². The number of benzene rings is 1. The number of likely N-dealkylation sites (N-methyl/N-ethyl adjacent to an activating group) is 1. The first-order valence-corrected chi connectivity index (χ1v) is 7.13. The lowest BCUT2D eigenvalue weighted by atomic mass is 10.4. The second-order valence-corrected chi connectivity index (χ2v) is 6.49. The first-order valence-electron chi connectivity index (χ1n) is 4.94. The standard InChI is InChI=1S/C10H14Cl2N2O2S/c1-7(6-13)14(2)17(15,16)10-4-3-8(11)5-9(10)12/h3-5,7H,6,13H2,1-2H3. The molecule has 2 N–H and O–H groups in total. The third-order valence-corrected chi connectivity index (χ3v) is 5.20. The maximum atomic E-state index is 12.2. The Morgan fingerprint density at radius 2 is 2.00 bits per heavy atom. The third kappa shape index (κ3) is 3.11. The normalized spacial score (nSPS) is 14.0. The minimum absolute atomic E-state index is 0.0337. The fourth-order valence-electron chi connectivity index (χ4n) is 1.22. The predicted molar refractivity (Wildman–Crippen MR) is 69.9 cm³/mol. The van der Waals surface area contributed by atoms with Crippen molar-refractivity contribution in [1.29, 1.82) is 0 Å². The average Bonchev–Trinajstić information content (AvgIpc) is 2.26. The van der Waals surface area contributed by atoms with E-state index in [1.807, 2.05) is 0 Å². The zero-order valence-corrected chi connectivity index (χ0v) is 11.9. The van der Waals surface area contributed by atoms with Crippen molar-refractivity contribution in [2.24, 2.45) is 5.73 Å². The summed E-state index contributed by atoms with van der Waals surface area (Å²) in [6.07, 6.45) is 0. The summed E-state index contributed by atoms with van der Waals surface area (Å²) in [4.78, 5) is 0.0337. The van der Waals surface area contributed by atoms with Gasteiger partial charge in [-0.25, -0.2) is 8.42 Å². The molecule has 0 bridgehead atoms. The SMILES string of the molecule is CC(CN)N(C)S(=O)(=O)c1ccc(Cl)cc1Cl. The van der Waals surface area contributed by atoms with Crippen LogP contribution >= 0.6 is 23.2 Å². The Bertz CT molecular complexity index is 505. The number of halogens is 2. The number of sulfonamides is 1. The van der Waals surface area contributed by atoms with Gasteiger partial charge in [0.05, 0.1) is 5.02 Å². The predicted octanol–water partition coefficient (Wildman–Crippen LogP) is 1.96. The molecular weight excluding hydrogens is 283 g/mol. The number of hydrogen-bond donors (Lipinski definition) is 1. The highest BCUT2D eigenvalue weighted by Crippen LogP contribution is 2.27. The van der Waals surface area contributed by atoms with E-state index in [-0.39, 0.29) is 22.5 Å². The van der Waals surface area contributed by atoms with E-state index in [9.17, 15) is 8.42 Å². The van der Waals surface area contributed by atoms with E-state index in [2.05, 4.69) is 0 Å². The lowest BCUT2D eigenvalue weighted by molar-refractivity contribution is 0.394. The quantitative estimate of drug-likeness (QED) is 0.924. The zero-order chi connectivity index (χ0) is 13.2. The highest BCUT2D eigenvalue weighted by Gasteiger charge is 2.26. The largest absolute Gasteiger partial charge is 0.329 e. The van der Waals surface area contributed by atoms with Gasteiger partial charge < -0.3 is 5.73 Å². The summed E-state index contributed by atoms with van der Waals surface area (Å²) in [6, 6.07) is 3.98. The van der Waals surface area contributed by atoms with Gasteiger partial charge >= 0.3 is 0 Å². The molecule has 0 aliphatic heterocycles. The van der Waals surface area contributed by atoms with Crippen molar-refractivity contribution >= 4 is 33.2 Å². The average molecular weight is 297 g/mol. The van der Waals surface area contributed by atoms with E-state index < -0.39 is 10.0 Å². The first-order chi connectivity index (χ1) is 7.80. The van der Waals surface area contributed by atoms with Crippen molar-refractivity contribution in [2.45, 2.75) is 17.9 Å². The van der Waals surface area contributed by atoms with E-state index in [1.54, 1.807) is 6.92 Å². The van der Waals surface area contributed by atoms with Gasteiger partial charge in [0.1, 0.15) is 4.90 Å². The second-order valence-electron chi connectivity index (χ2n) is 3.68. The summed E-state index contributed by atoms with van der Waals surface area (Å²) >= 11 is 11.6. The molecule has 17 heavy (non-hydrogen) atoms. The Hall–Kier alpha value is -0.330. The van der Waals surface area contributed by atoms with Crippen LogP contribution < -0.4 is 5.73 Å². The molecule has 0 heterocycles. The maximum absolute atomic E-state index is 12.2. The van der Waals surface area contributed by atoms with Crippen LogP contribution in [-0.2, 0) is 10.0 Å². The molecule has 0 fully saturated rings. The molecule has 1 unspecified atom stereocenters.